The summed E-state index contributed by atoms with van der Waals surface area (Å²) in [5, 5.41) is 21.0. The van der Waals surface area contributed by atoms with Gasteiger partial charge < -0.3 is 10.2 Å². The second-order valence-corrected chi connectivity index (χ2v) is 10.9. The van der Waals surface area contributed by atoms with Crippen LogP contribution in [0, 0.1) is 40.4 Å². The number of aliphatic hydroxyl groups is 2. The van der Waals surface area contributed by atoms with Crippen LogP contribution in [-0.2, 0) is 0 Å². The molecule has 0 aromatic heterocycles. The van der Waals surface area contributed by atoms with Crippen LogP contribution in [0.4, 0.5) is 0 Å². The van der Waals surface area contributed by atoms with Crippen molar-refractivity contribution in [3.8, 4) is 0 Å². The third-order valence-electron chi connectivity index (χ3n) is 9.97. The average molecular weight is 349 g/mol. The highest BCUT2D eigenvalue weighted by Crippen LogP contribution is 2.69. The van der Waals surface area contributed by atoms with E-state index in [2.05, 4.69) is 20.8 Å². The summed E-state index contributed by atoms with van der Waals surface area (Å²) in [7, 11) is 0. The molecule has 4 fully saturated rings. The van der Waals surface area contributed by atoms with E-state index in [1.54, 1.807) is 0 Å². The Bertz CT molecular complexity index is 512. The van der Waals surface area contributed by atoms with Gasteiger partial charge >= 0.3 is 0 Å². The molecule has 4 saturated carbocycles. The van der Waals surface area contributed by atoms with Crippen LogP contribution in [-0.4, -0.2) is 21.9 Å². The van der Waals surface area contributed by atoms with Gasteiger partial charge in [-0.1, -0.05) is 13.8 Å². The predicted molar refractivity (Wildman–Crippen MR) is 102 cm³/mol. The van der Waals surface area contributed by atoms with Crippen LogP contribution in [0.25, 0.3) is 0 Å². The van der Waals surface area contributed by atoms with E-state index in [-0.39, 0.29) is 6.10 Å². The van der Waals surface area contributed by atoms with Crippen molar-refractivity contribution in [2.75, 3.05) is 0 Å². The van der Waals surface area contributed by atoms with Crippen LogP contribution in [0.5, 0.6) is 0 Å². The van der Waals surface area contributed by atoms with Gasteiger partial charge in [0.25, 0.3) is 0 Å². The molecule has 144 valence electrons. The molecule has 0 bridgehead atoms. The van der Waals surface area contributed by atoms with Gasteiger partial charge in [-0.2, -0.15) is 0 Å². The smallest absolute Gasteiger partial charge is 0.0622 e. The molecule has 25 heavy (non-hydrogen) atoms. The molecular formula is C23H40O2. The maximum atomic E-state index is 10.7. The summed E-state index contributed by atoms with van der Waals surface area (Å²) < 4.78 is 0. The first kappa shape index (κ1) is 18.3. The summed E-state index contributed by atoms with van der Waals surface area (Å²) in [6, 6.07) is 0. The molecule has 4 aliphatic carbocycles. The maximum Gasteiger partial charge on any atom is 0.0622 e. The SMILES string of the molecule is CC[C@]12CC[C@@](C)(O)C[C@H]1CC[C@H]1[C@@H]3CC[C@H]([C@H](C)O)[C@@]3(C)CC[C@@H]12. The quantitative estimate of drug-likeness (QED) is 0.723. The van der Waals surface area contributed by atoms with Gasteiger partial charge in [-0.05, 0) is 118 Å². The molecule has 0 heterocycles. The largest absolute Gasteiger partial charge is 0.393 e. The van der Waals surface area contributed by atoms with Crippen LogP contribution >= 0.6 is 0 Å². The first-order chi connectivity index (χ1) is 11.7. The fraction of sp³-hybridized carbons (Fsp3) is 1.00. The lowest BCUT2D eigenvalue weighted by molar-refractivity contribution is -0.158. The van der Waals surface area contributed by atoms with Crippen molar-refractivity contribution in [3.63, 3.8) is 0 Å². The minimum absolute atomic E-state index is 0.146. The Morgan fingerprint density at radius 1 is 0.960 bits per heavy atom. The summed E-state index contributed by atoms with van der Waals surface area (Å²) in [5.41, 5.74) is 0.441. The van der Waals surface area contributed by atoms with Gasteiger partial charge in [0, 0.05) is 0 Å². The van der Waals surface area contributed by atoms with Gasteiger partial charge in [-0.15, -0.1) is 0 Å². The van der Waals surface area contributed by atoms with E-state index in [1.807, 2.05) is 6.92 Å². The molecule has 0 aromatic rings. The molecule has 0 amide bonds. The predicted octanol–water partition coefficient (Wildman–Crippen LogP) is 5.17. The number of hydrogen-bond donors (Lipinski definition) is 2. The highest BCUT2D eigenvalue weighted by Gasteiger charge is 2.62. The Hall–Kier alpha value is -0.0800. The molecule has 4 aliphatic rings. The number of hydrogen-bond acceptors (Lipinski definition) is 2. The third-order valence-corrected chi connectivity index (χ3v) is 9.97. The van der Waals surface area contributed by atoms with Gasteiger partial charge in [0.2, 0.25) is 0 Å². The van der Waals surface area contributed by atoms with Crippen molar-refractivity contribution in [2.45, 2.75) is 104 Å². The second-order valence-electron chi connectivity index (χ2n) is 10.9. The zero-order valence-corrected chi connectivity index (χ0v) is 16.9. The molecule has 2 heteroatoms. The maximum absolute atomic E-state index is 10.7. The van der Waals surface area contributed by atoms with Gasteiger partial charge in [0.1, 0.15) is 0 Å². The summed E-state index contributed by atoms with van der Waals surface area (Å²) in [6.45, 7) is 9.03. The Morgan fingerprint density at radius 2 is 1.72 bits per heavy atom. The van der Waals surface area contributed by atoms with Crippen molar-refractivity contribution < 1.29 is 10.2 Å². The fourth-order valence-electron chi connectivity index (χ4n) is 8.78. The van der Waals surface area contributed by atoms with Crippen LogP contribution in [0.2, 0.25) is 0 Å². The van der Waals surface area contributed by atoms with Gasteiger partial charge in [0.15, 0.2) is 0 Å². The molecule has 2 nitrogen and oxygen atoms in total. The molecule has 0 spiro atoms. The molecule has 0 saturated heterocycles. The number of fused-ring (bicyclic) bond motifs is 5. The minimum Gasteiger partial charge on any atom is -0.393 e. The first-order valence-corrected chi connectivity index (χ1v) is 11.1. The summed E-state index contributed by atoms with van der Waals surface area (Å²) in [4.78, 5) is 0. The van der Waals surface area contributed by atoms with E-state index in [0.29, 0.717) is 16.7 Å². The van der Waals surface area contributed by atoms with Crippen molar-refractivity contribution in [1.82, 2.24) is 0 Å². The standard InChI is InChI=1S/C23H40O2/c1-5-23-13-12-21(3,25)14-16(23)6-7-17-19-9-8-18(15(2)24)22(19,4)11-10-20(17)23/h15-20,24-25H,5-14H2,1-4H3/t15-,16+,17-,18+,19-,20-,21+,22+,23-/m0/s1. The molecule has 2 N–H and O–H groups in total. The molecule has 0 aliphatic heterocycles. The van der Waals surface area contributed by atoms with Crippen LogP contribution in [0.15, 0.2) is 0 Å². The Balaban J connectivity index is 1.63. The molecule has 9 atom stereocenters. The Labute approximate surface area is 154 Å². The minimum atomic E-state index is -0.426. The lowest BCUT2D eigenvalue weighted by atomic mass is 9.42. The molecule has 0 radical (unpaired) electrons. The van der Waals surface area contributed by atoms with Gasteiger partial charge in [-0.25, -0.2) is 0 Å². The zero-order valence-electron chi connectivity index (χ0n) is 16.9. The number of rotatable bonds is 2. The topological polar surface area (TPSA) is 40.5 Å². The van der Waals surface area contributed by atoms with Crippen molar-refractivity contribution in [2.24, 2.45) is 40.4 Å². The summed E-state index contributed by atoms with van der Waals surface area (Å²) in [5.74, 6) is 3.83. The van der Waals surface area contributed by atoms with Crippen LogP contribution in [0.1, 0.15) is 91.9 Å². The normalized spacial score (nSPS) is 56.6. The van der Waals surface area contributed by atoms with Crippen LogP contribution in [0.3, 0.4) is 0 Å². The van der Waals surface area contributed by atoms with Gasteiger partial charge in [-0.3, -0.25) is 0 Å². The fourth-order valence-corrected chi connectivity index (χ4v) is 8.78. The van der Waals surface area contributed by atoms with Crippen molar-refractivity contribution >= 4 is 0 Å². The Morgan fingerprint density at radius 3 is 2.40 bits per heavy atom. The van der Waals surface area contributed by atoms with E-state index in [9.17, 15) is 10.2 Å². The average Bonchev–Trinajstić information content (AvgIpc) is 2.91. The van der Waals surface area contributed by atoms with E-state index in [0.717, 1.165) is 36.5 Å². The summed E-state index contributed by atoms with van der Waals surface area (Å²) in [6.07, 6.45) is 12.4. The number of aliphatic hydroxyl groups excluding tert-OH is 1. The summed E-state index contributed by atoms with van der Waals surface area (Å²) >= 11 is 0. The van der Waals surface area contributed by atoms with E-state index < -0.39 is 5.60 Å². The van der Waals surface area contributed by atoms with Gasteiger partial charge in [0.05, 0.1) is 11.7 Å². The van der Waals surface area contributed by atoms with E-state index in [4.69, 9.17) is 0 Å². The molecule has 4 rings (SSSR count). The van der Waals surface area contributed by atoms with Crippen molar-refractivity contribution in [3.05, 3.63) is 0 Å². The van der Waals surface area contributed by atoms with E-state index >= 15 is 0 Å². The second kappa shape index (κ2) is 5.96. The van der Waals surface area contributed by atoms with Crippen molar-refractivity contribution in [1.29, 1.82) is 0 Å². The highest BCUT2D eigenvalue weighted by molar-refractivity contribution is 5.11. The molecular weight excluding hydrogens is 308 g/mol. The zero-order chi connectivity index (χ0) is 18.0. The monoisotopic (exact) mass is 348 g/mol. The molecule has 0 unspecified atom stereocenters. The first-order valence-electron chi connectivity index (χ1n) is 11.1. The van der Waals surface area contributed by atoms with Crippen LogP contribution < -0.4 is 0 Å². The van der Waals surface area contributed by atoms with E-state index in [1.165, 1.54) is 51.4 Å². The lowest BCUT2D eigenvalue weighted by Gasteiger charge is -2.63. The third kappa shape index (κ3) is 2.57. The molecule has 0 aromatic carbocycles. The Kier molecular flexibility index (Phi) is 4.36. The highest BCUT2D eigenvalue weighted by atomic mass is 16.3. The lowest BCUT2D eigenvalue weighted by Crippen LogP contribution is -2.56.